The summed E-state index contributed by atoms with van der Waals surface area (Å²) in [5.41, 5.74) is 5.56. The highest BCUT2D eigenvalue weighted by Crippen LogP contribution is 2.38. The second-order valence-electron chi connectivity index (χ2n) is 11.1. The minimum Gasteiger partial charge on any atom is -0.508 e. The number of amides is 1. The fourth-order valence-electron chi connectivity index (χ4n) is 5.86. The van der Waals surface area contributed by atoms with Crippen LogP contribution in [0.25, 0.3) is 22.0 Å². The molecule has 0 radical (unpaired) electrons. The number of para-hydroxylation sites is 1. The molecule has 4 aromatic rings. The first kappa shape index (κ1) is 27.9. The molecule has 5 rings (SSSR count). The number of nitrogens with zero attached hydrogens (tertiary/aromatic N) is 3. The van der Waals surface area contributed by atoms with Crippen LogP contribution < -0.4 is 0 Å². The first-order chi connectivity index (χ1) is 19.3. The first-order valence-corrected chi connectivity index (χ1v) is 13.9. The van der Waals surface area contributed by atoms with Gasteiger partial charge in [0, 0.05) is 49.1 Å². The highest BCUT2D eigenvalue weighted by Gasteiger charge is 2.33. The number of likely N-dealkylation sites (N-methyl/N-ethyl adjacent to an activating group) is 1. The zero-order valence-corrected chi connectivity index (χ0v) is 23.7. The van der Waals surface area contributed by atoms with Crippen molar-refractivity contribution in [3.05, 3.63) is 89.6 Å². The van der Waals surface area contributed by atoms with Gasteiger partial charge in [-0.3, -0.25) is 9.69 Å². The lowest BCUT2D eigenvalue weighted by Gasteiger charge is -2.35. The Morgan fingerprint density at radius 2 is 1.82 bits per heavy atom. The van der Waals surface area contributed by atoms with Gasteiger partial charge in [-0.25, -0.2) is 0 Å². The van der Waals surface area contributed by atoms with Gasteiger partial charge >= 0.3 is 0 Å². The molecule has 0 saturated heterocycles. The number of phenols is 1. The standard InChI is InChI=1S/C33H39N3O4/c1-22-17-36(23(2)20-37)33(39)32-31(28-14-7-8-15-29(28)35(32)4)27-13-6-5-11-25(27)21-40-30(22)19-34(3)18-24-10-9-12-26(38)16-24/h5-16,22-23,30,37-38H,17-21H2,1-4H3/t22-,23-,30+/m0/s1. The van der Waals surface area contributed by atoms with Gasteiger partial charge in [0.05, 0.1) is 25.4 Å². The fraction of sp³-hybridized carbons (Fsp3) is 0.364. The molecule has 0 fully saturated rings. The van der Waals surface area contributed by atoms with Crippen LogP contribution in [0.1, 0.15) is 35.5 Å². The molecule has 2 heterocycles. The molecule has 2 N–H and O–H groups in total. The summed E-state index contributed by atoms with van der Waals surface area (Å²) < 4.78 is 8.67. The molecule has 1 aromatic heterocycles. The van der Waals surface area contributed by atoms with Crippen LogP contribution in [0, 0.1) is 5.92 Å². The maximum Gasteiger partial charge on any atom is 0.271 e. The molecule has 210 valence electrons. The molecule has 1 amide bonds. The maximum atomic E-state index is 14.4. The van der Waals surface area contributed by atoms with Crippen LogP contribution in [0.4, 0.5) is 0 Å². The number of aliphatic hydroxyl groups is 1. The summed E-state index contributed by atoms with van der Waals surface area (Å²) >= 11 is 0. The number of carbonyl (C=O) groups excluding carboxylic acids is 1. The van der Waals surface area contributed by atoms with Crippen LogP contribution >= 0.6 is 0 Å². The van der Waals surface area contributed by atoms with Crippen LogP contribution in [0.5, 0.6) is 5.75 Å². The molecular weight excluding hydrogens is 502 g/mol. The van der Waals surface area contributed by atoms with E-state index in [2.05, 4.69) is 30.0 Å². The molecule has 3 atom stereocenters. The maximum absolute atomic E-state index is 14.4. The predicted octanol–water partition coefficient (Wildman–Crippen LogP) is 5.04. The van der Waals surface area contributed by atoms with Crippen LogP contribution in [-0.4, -0.2) is 69.4 Å². The average molecular weight is 542 g/mol. The lowest BCUT2D eigenvalue weighted by Crippen LogP contribution is -2.47. The topological polar surface area (TPSA) is 78.2 Å². The Morgan fingerprint density at radius 1 is 1.07 bits per heavy atom. The molecular formula is C33H39N3O4. The van der Waals surface area contributed by atoms with Crippen molar-refractivity contribution in [3.63, 3.8) is 0 Å². The quantitative estimate of drug-likeness (QED) is 0.358. The molecule has 0 saturated carbocycles. The lowest BCUT2D eigenvalue weighted by molar-refractivity contribution is -0.0242. The van der Waals surface area contributed by atoms with E-state index in [-0.39, 0.29) is 36.3 Å². The molecule has 0 bridgehead atoms. The first-order valence-electron chi connectivity index (χ1n) is 13.9. The van der Waals surface area contributed by atoms with Crippen LogP contribution in [0.3, 0.4) is 0 Å². The van der Waals surface area contributed by atoms with Crippen molar-refractivity contribution in [3.8, 4) is 16.9 Å². The second kappa shape index (κ2) is 11.8. The van der Waals surface area contributed by atoms with Gasteiger partial charge in [0.1, 0.15) is 11.4 Å². The van der Waals surface area contributed by atoms with E-state index in [1.54, 1.807) is 12.1 Å². The number of hydrogen-bond acceptors (Lipinski definition) is 5. The van der Waals surface area contributed by atoms with Crippen molar-refractivity contribution < 1.29 is 19.7 Å². The number of aliphatic hydroxyl groups excluding tert-OH is 1. The third kappa shape index (κ3) is 5.50. The van der Waals surface area contributed by atoms with Gasteiger partial charge in [0.15, 0.2) is 0 Å². The number of aromatic hydroxyl groups is 1. The van der Waals surface area contributed by atoms with E-state index in [9.17, 15) is 15.0 Å². The summed E-state index contributed by atoms with van der Waals surface area (Å²) in [5, 5.41) is 21.1. The molecule has 1 aliphatic heterocycles. The Hall–Kier alpha value is -3.65. The predicted molar refractivity (Wildman–Crippen MR) is 158 cm³/mol. The number of fused-ring (bicyclic) bond motifs is 5. The minimum atomic E-state index is -0.359. The smallest absolute Gasteiger partial charge is 0.271 e. The van der Waals surface area contributed by atoms with Gasteiger partial charge < -0.3 is 24.4 Å². The SMILES string of the molecule is C[C@H]1CN([C@@H](C)CO)C(=O)c2c(c3ccccc3n2C)-c2ccccc2CO[C@@H]1CN(C)Cc1cccc(O)c1. The zero-order chi connectivity index (χ0) is 28.4. The molecule has 7 heteroatoms. The van der Waals surface area contributed by atoms with Gasteiger partial charge in [0.2, 0.25) is 0 Å². The largest absolute Gasteiger partial charge is 0.508 e. The average Bonchev–Trinajstić information content (AvgIpc) is 3.24. The molecule has 0 unspecified atom stereocenters. The van der Waals surface area contributed by atoms with Crippen LogP contribution in [0.15, 0.2) is 72.8 Å². The molecule has 0 aliphatic carbocycles. The Bertz CT molecular complexity index is 1500. The Balaban J connectivity index is 1.57. The number of aromatic nitrogens is 1. The fourth-order valence-corrected chi connectivity index (χ4v) is 5.86. The van der Waals surface area contributed by atoms with Gasteiger partial charge in [-0.2, -0.15) is 0 Å². The highest BCUT2D eigenvalue weighted by atomic mass is 16.5. The molecule has 1 aliphatic rings. The minimum absolute atomic E-state index is 0.00651. The van der Waals surface area contributed by atoms with Crippen molar-refractivity contribution >= 4 is 16.8 Å². The molecule has 7 nitrogen and oxygen atoms in total. The number of aryl methyl sites for hydroxylation is 1. The van der Waals surface area contributed by atoms with Crippen LogP contribution in [-0.2, 0) is 24.9 Å². The number of rotatable bonds is 6. The van der Waals surface area contributed by atoms with Gasteiger partial charge in [-0.15, -0.1) is 0 Å². The Kier molecular flexibility index (Phi) is 8.26. The van der Waals surface area contributed by atoms with E-state index in [1.807, 2.05) is 73.0 Å². The summed E-state index contributed by atoms with van der Waals surface area (Å²) in [7, 11) is 3.99. The summed E-state index contributed by atoms with van der Waals surface area (Å²) in [6, 6.07) is 23.2. The van der Waals surface area contributed by atoms with Crippen molar-refractivity contribution in [2.24, 2.45) is 13.0 Å². The summed E-state index contributed by atoms with van der Waals surface area (Å²) in [5.74, 6) is 0.153. The number of phenolic OH excluding ortho intramolecular Hbond substituents is 1. The third-order valence-corrected chi connectivity index (χ3v) is 8.08. The monoisotopic (exact) mass is 541 g/mol. The van der Waals surface area contributed by atoms with Crippen LogP contribution in [0.2, 0.25) is 0 Å². The van der Waals surface area contributed by atoms with E-state index >= 15 is 0 Å². The number of hydrogen-bond donors (Lipinski definition) is 2. The summed E-state index contributed by atoms with van der Waals surface area (Å²) in [6.45, 7) is 6.04. The zero-order valence-electron chi connectivity index (χ0n) is 23.7. The highest BCUT2D eigenvalue weighted by molar-refractivity contribution is 6.10. The number of ether oxygens (including phenoxy) is 1. The number of benzene rings is 3. The third-order valence-electron chi connectivity index (χ3n) is 8.08. The van der Waals surface area contributed by atoms with E-state index in [4.69, 9.17) is 4.74 Å². The van der Waals surface area contributed by atoms with Crippen molar-refractivity contribution in [2.45, 2.75) is 39.1 Å². The number of carbonyl (C=O) groups is 1. The Labute approximate surface area is 236 Å². The van der Waals surface area contributed by atoms with E-state index in [1.165, 1.54) is 0 Å². The van der Waals surface area contributed by atoms with Gasteiger partial charge in [-0.05, 0) is 48.9 Å². The van der Waals surface area contributed by atoms with E-state index in [0.717, 1.165) is 33.2 Å². The normalized spacial score (nSPS) is 18.9. The van der Waals surface area contributed by atoms with Crippen molar-refractivity contribution in [1.29, 1.82) is 0 Å². The van der Waals surface area contributed by atoms with E-state index in [0.29, 0.717) is 31.9 Å². The molecule has 3 aromatic carbocycles. The summed E-state index contributed by atoms with van der Waals surface area (Å²) in [4.78, 5) is 18.4. The lowest BCUT2D eigenvalue weighted by atomic mass is 9.96. The van der Waals surface area contributed by atoms with Crippen molar-refractivity contribution in [1.82, 2.24) is 14.4 Å². The molecule has 40 heavy (non-hydrogen) atoms. The summed E-state index contributed by atoms with van der Waals surface area (Å²) in [6.07, 6.45) is -0.172. The van der Waals surface area contributed by atoms with E-state index < -0.39 is 0 Å². The molecule has 0 spiro atoms. The Morgan fingerprint density at radius 3 is 2.60 bits per heavy atom. The second-order valence-corrected chi connectivity index (χ2v) is 11.1. The van der Waals surface area contributed by atoms with Gasteiger partial charge in [-0.1, -0.05) is 61.5 Å². The van der Waals surface area contributed by atoms with Gasteiger partial charge in [0.25, 0.3) is 5.91 Å². The van der Waals surface area contributed by atoms with Crippen molar-refractivity contribution in [2.75, 3.05) is 26.7 Å².